The maximum atomic E-state index is 11.6. The molecule has 0 spiro atoms. The van der Waals surface area contributed by atoms with Crippen molar-refractivity contribution in [3.8, 4) is 0 Å². The molecule has 1 aliphatic carbocycles. The van der Waals surface area contributed by atoms with Gasteiger partial charge in [-0.3, -0.25) is 14.6 Å². The Kier molecular flexibility index (Phi) is 2.79. The van der Waals surface area contributed by atoms with E-state index in [-0.39, 0.29) is 18.1 Å². The van der Waals surface area contributed by atoms with Crippen molar-refractivity contribution >= 4 is 11.9 Å². The summed E-state index contributed by atoms with van der Waals surface area (Å²) in [6.45, 7) is 1.93. The monoisotopic (exact) mass is 235 g/mol. The Morgan fingerprint density at radius 1 is 1.41 bits per heavy atom. The smallest absolute Gasteiger partial charge is 0.311 e. The van der Waals surface area contributed by atoms with Gasteiger partial charge in [0, 0.05) is 12.7 Å². The predicted molar refractivity (Wildman–Crippen MR) is 58.4 cm³/mol. The lowest BCUT2D eigenvalue weighted by Gasteiger charge is -2.10. The molecule has 1 heterocycles. The van der Waals surface area contributed by atoms with Crippen molar-refractivity contribution in [2.24, 2.45) is 5.41 Å². The number of nitrogens with zero attached hydrogens (tertiary/aromatic N) is 2. The molecule has 1 aromatic heterocycles. The molecule has 0 unspecified atom stereocenters. The minimum Gasteiger partial charge on any atom is -0.481 e. The Bertz CT molecular complexity index is 452. The highest BCUT2D eigenvalue weighted by molar-refractivity contribution is 5.92. The van der Waals surface area contributed by atoms with Crippen molar-refractivity contribution in [1.29, 1.82) is 0 Å². The quantitative estimate of drug-likeness (QED) is 0.787. The van der Waals surface area contributed by atoms with E-state index in [4.69, 9.17) is 5.11 Å². The van der Waals surface area contributed by atoms with Crippen LogP contribution in [0.5, 0.6) is 0 Å². The summed E-state index contributed by atoms with van der Waals surface area (Å²) in [5.41, 5.74) is 0.177. The fourth-order valence-electron chi connectivity index (χ4n) is 1.47. The zero-order chi connectivity index (χ0) is 12.5. The molecule has 0 atom stereocenters. The van der Waals surface area contributed by atoms with Crippen molar-refractivity contribution in [2.75, 3.05) is 6.54 Å². The maximum Gasteiger partial charge on any atom is 0.311 e. The number of rotatable bonds is 4. The Balaban J connectivity index is 1.94. The van der Waals surface area contributed by atoms with Crippen LogP contribution in [0.3, 0.4) is 0 Å². The van der Waals surface area contributed by atoms with Crippen LogP contribution in [0.4, 0.5) is 0 Å². The van der Waals surface area contributed by atoms with E-state index in [2.05, 4.69) is 15.3 Å². The summed E-state index contributed by atoms with van der Waals surface area (Å²) in [5.74, 6) is -1.24. The summed E-state index contributed by atoms with van der Waals surface area (Å²) >= 11 is 0. The summed E-state index contributed by atoms with van der Waals surface area (Å²) in [4.78, 5) is 30.4. The molecule has 0 radical (unpaired) electrons. The number of carboxylic acid groups (broad SMARTS) is 1. The first-order valence-electron chi connectivity index (χ1n) is 5.34. The van der Waals surface area contributed by atoms with Gasteiger partial charge in [-0.2, -0.15) is 0 Å². The number of amides is 1. The zero-order valence-electron chi connectivity index (χ0n) is 9.43. The van der Waals surface area contributed by atoms with E-state index in [1.54, 1.807) is 6.92 Å². The Morgan fingerprint density at radius 2 is 2.12 bits per heavy atom. The normalized spacial score (nSPS) is 16.3. The highest BCUT2D eigenvalue weighted by Gasteiger charge is 2.50. The average Bonchev–Trinajstić information content (AvgIpc) is 3.08. The Hall–Kier alpha value is -1.98. The number of aliphatic carboxylic acids is 1. The van der Waals surface area contributed by atoms with E-state index in [1.165, 1.54) is 12.4 Å². The lowest BCUT2D eigenvalue weighted by atomic mass is 10.1. The molecular weight excluding hydrogens is 222 g/mol. The van der Waals surface area contributed by atoms with Gasteiger partial charge in [-0.05, 0) is 19.8 Å². The topological polar surface area (TPSA) is 92.2 Å². The largest absolute Gasteiger partial charge is 0.481 e. The van der Waals surface area contributed by atoms with E-state index in [1.807, 2.05) is 0 Å². The molecule has 1 fully saturated rings. The Morgan fingerprint density at radius 3 is 2.59 bits per heavy atom. The van der Waals surface area contributed by atoms with Gasteiger partial charge in [0.1, 0.15) is 5.69 Å². The molecule has 2 rings (SSSR count). The van der Waals surface area contributed by atoms with Crippen LogP contribution in [-0.4, -0.2) is 33.5 Å². The first-order chi connectivity index (χ1) is 8.03. The van der Waals surface area contributed by atoms with Crippen molar-refractivity contribution in [3.63, 3.8) is 0 Å². The van der Waals surface area contributed by atoms with E-state index < -0.39 is 11.4 Å². The van der Waals surface area contributed by atoms with Gasteiger partial charge in [0.2, 0.25) is 0 Å². The minimum absolute atomic E-state index is 0.150. The lowest BCUT2D eigenvalue weighted by Crippen LogP contribution is -2.34. The van der Waals surface area contributed by atoms with E-state index in [9.17, 15) is 9.59 Å². The molecule has 0 aliphatic heterocycles. The number of nitrogens with one attached hydrogen (secondary N) is 1. The van der Waals surface area contributed by atoms with Crippen molar-refractivity contribution in [3.05, 3.63) is 23.8 Å². The van der Waals surface area contributed by atoms with Gasteiger partial charge in [-0.15, -0.1) is 0 Å². The van der Waals surface area contributed by atoms with Crippen molar-refractivity contribution < 1.29 is 14.7 Å². The molecule has 6 nitrogen and oxygen atoms in total. The number of carboxylic acids is 1. The molecule has 1 amide bonds. The van der Waals surface area contributed by atoms with Crippen LogP contribution in [0.1, 0.15) is 29.0 Å². The molecule has 1 aromatic rings. The molecule has 0 bridgehead atoms. The maximum absolute atomic E-state index is 11.6. The van der Waals surface area contributed by atoms with Crippen LogP contribution < -0.4 is 5.32 Å². The third kappa shape index (κ3) is 2.41. The number of aromatic nitrogens is 2. The summed E-state index contributed by atoms with van der Waals surface area (Å²) in [7, 11) is 0. The number of aryl methyl sites for hydroxylation is 1. The predicted octanol–water partition coefficient (Wildman–Crippen LogP) is 0.380. The molecule has 90 valence electrons. The molecule has 0 saturated heterocycles. The standard InChI is InChI=1S/C11H13N3O3/c1-7-4-13-8(5-12-7)9(15)14-6-11(2-3-11)10(16)17/h4-5H,2-3,6H2,1H3,(H,14,15)(H,16,17). The summed E-state index contributed by atoms with van der Waals surface area (Å²) in [6.07, 6.45) is 4.11. The highest BCUT2D eigenvalue weighted by Crippen LogP contribution is 2.45. The second-order valence-electron chi connectivity index (χ2n) is 4.31. The van der Waals surface area contributed by atoms with Gasteiger partial charge < -0.3 is 10.4 Å². The molecule has 2 N–H and O–H groups in total. The molecule has 0 aromatic carbocycles. The van der Waals surface area contributed by atoms with Crippen LogP contribution in [0.15, 0.2) is 12.4 Å². The van der Waals surface area contributed by atoms with Crippen LogP contribution in [0.25, 0.3) is 0 Å². The minimum atomic E-state index is -0.854. The number of hydrogen-bond donors (Lipinski definition) is 2. The number of carbonyl (C=O) groups excluding carboxylic acids is 1. The van der Waals surface area contributed by atoms with Crippen LogP contribution in [-0.2, 0) is 4.79 Å². The molecule has 17 heavy (non-hydrogen) atoms. The number of carbonyl (C=O) groups is 2. The molecule has 1 saturated carbocycles. The van der Waals surface area contributed by atoms with Gasteiger partial charge in [-0.25, -0.2) is 4.98 Å². The van der Waals surface area contributed by atoms with Gasteiger partial charge in [0.05, 0.1) is 17.3 Å². The van der Waals surface area contributed by atoms with E-state index in [0.29, 0.717) is 12.8 Å². The molecule has 6 heteroatoms. The van der Waals surface area contributed by atoms with Crippen LogP contribution >= 0.6 is 0 Å². The van der Waals surface area contributed by atoms with Gasteiger partial charge in [-0.1, -0.05) is 0 Å². The lowest BCUT2D eigenvalue weighted by molar-refractivity contribution is -0.143. The Labute approximate surface area is 98.1 Å². The third-order valence-corrected chi connectivity index (χ3v) is 2.91. The van der Waals surface area contributed by atoms with Crippen LogP contribution in [0.2, 0.25) is 0 Å². The van der Waals surface area contributed by atoms with E-state index >= 15 is 0 Å². The van der Waals surface area contributed by atoms with Gasteiger partial charge in [0.25, 0.3) is 5.91 Å². The summed E-state index contributed by atoms with van der Waals surface area (Å²) in [6, 6.07) is 0. The molecular formula is C11H13N3O3. The first kappa shape index (κ1) is 11.5. The van der Waals surface area contributed by atoms with E-state index in [0.717, 1.165) is 5.69 Å². The fourth-order valence-corrected chi connectivity index (χ4v) is 1.47. The zero-order valence-corrected chi connectivity index (χ0v) is 9.43. The second-order valence-corrected chi connectivity index (χ2v) is 4.31. The van der Waals surface area contributed by atoms with Gasteiger partial charge in [0.15, 0.2) is 0 Å². The first-order valence-corrected chi connectivity index (χ1v) is 5.34. The summed E-state index contributed by atoms with van der Waals surface area (Å²) in [5, 5.41) is 11.5. The van der Waals surface area contributed by atoms with Crippen LogP contribution in [0, 0.1) is 12.3 Å². The average molecular weight is 235 g/mol. The summed E-state index contributed by atoms with van der Waals surface area (Å²) < 4.78 is 0. The third-order valence-electron chi connectivity index (χ3n) is 2.91. The molecule has 1 aliphatic rings. The highest BCUT2D eigenvalue weighted by atomic mass is 16.4. The van der Waals surface area contributed by atoms with Gasteiger partial charge >= 0.3 is 5.97 Å². The van der Waals surface area contributed by atoms with Crippen molar-refractivity contribution in [2.45, 2.75) is 19.8 Å². The SMILES string of the molecule is Cc1cnc(C(=O)NCC2(C(=O)O)CC2)cn1. The van der Waals surface area contributed by atoms with Crippen molar-refractivity contribution in [1.82, 2.24) is 15.3 Å². The second kappa shape index (κ2) is 4.12. The number of hydrogen-bond acceptors (Lipinski definition) is 4. The fraction of sp³-hybridized carbons (Fsp3) is 0.455.